The van der Waals surface area contributed by atoms with Crippen molar-refractivity contribution in [2.24, 2.45) is 0 Å². The lowest BCUT2D eigenvalue weighted by atomic mass is 10.1. The second-order valence-electron chi connectivity index (χ2n) is 7.19. The molecule has 162 valence electrons. The van der Waals surface area contributed by atoms with Crippen molar-refractivity contribution in [1.29, 1.82) is 0 Å². The van der Waals surface area contributed by atoms with Crippen LogP contribution in [0, 0.1) is 0 Å². The highest BCUT2D eigenvalue weighted by Gasteiger charge is 2.22. The van der Waals surface area contributed by atoms with Crippen LogP contribution in [-0.4, -0.2) is 58.1 Å². The highest BCUT2D eigenvalue weighted by atomic mass is 35.5. The van der Waals surface area contributed by atoms with Crippen molar-refractivity contribution in [3.63, 3.8) is 0 Å². The van der Waals surface area contributed by atoms with E-state index in [0.717, 1.165) is 39.3 Å². The summed E-state index contributed by atoms with van der Waals surface area (Å²) in [5.74, 6) is -0.436. The van der Waals surface area contributed by atoms with Gasteiger partial charge < -0.3 is 10.1 Å². The fraction of sp³-hybridized carbons (Fsp3) is 0.381. The van der Waals surface area contributed by atoms with Crippen molar-refractivity contribution in [1.82, 2.24) is 9.62 Å². The van der Waals surface area contributed by atoms with Crippen LogP contribution in [0.25, 0.3) is 0 Å². The van der Waals surface area contributed by atoms with Gasteiger partial charge in [-0.15, -0.1) is 0 Å². The third-order valence-electron chi connectivity index (χ3n) is 4.89. The molecule has 9 heteroatoms. The van der Waals surface area contributed by atoms with Crippen molar-refractivity contribution in [2.75, 3.05) is 38.2 Å². The predicted octanol–water partition coefficient (Wildman–Crippen LogP) is 2.52. The number of anilines is 1. The number of carbonyl (C=O) groups excluding carboxylic acids is 1. The average molecular weight is 452 g/mol. The molecule has 0 aromatic heterocycles. The molecule has 7 nitrogen and oxygen atoms in total. The number of benzene rings is 2. The Balaban J connectivity index is 1.51. The zero-order valence-electron chi connectivity index (χ0n) is 16.8. The lowest BCUT2D eigenvalue weighted by molar-refractivity contribution is -0.117. The van der Waals surface area contributed by atoms with E-state index >= 15 is 0 Å². The van der Waals surface area contributed by atoms with E-state index in [1.165, 1.54) is 36.8 Å². The summed E-state index contributed by atoms with van der Waals surface area (Å²) in [7, 11) is -3.82. The predicted molar refractivity (Wildman–Crippen MR) is 117 cm³/mol. The molecule has 1 saturated heterocycles. The molecule has 2 aromatic carbocycles. The quantitative estimate of drug-likeness (QED) is 0.644. The topological polar surface area (TPSA) is 87.7 Å². The Morgan fingerprint density at radius 3 is 2.37 bits per heavy atom. The Kier molecular flexibility index (Phi) is 7.85. The Bertz CT molecular complexity index is 943. The first-order valence-electron chi connectivity index (χ1n) is 9.81. The van der Waals surface area contributed by atoms with Gasteiger partial charge >= 0.3 is 0 Å². The number of hydrogen-bond acceptors (Lipinski definition) is 5. The van der Waals surface area contributed by atoms with E-state index in [2.05, 4.69) is 14.9 Å². The summed E-state index contributed by atoms with van der Waals surface area (Å²) in [4.78, 5) is 14.8. The summed E-state index contributed by atoms with van der Waals surface area (Å²) in [5.41, 5.74) is 1.80. The van der Waals surface area contributed by atoms with Crippen LogP contribution < -0.4 is 10.0 Å². The van der Waals surface area contributed by atoms with Crippen LogP contribution in [0.5, 0.6) is 0 Å². The molecule has 2 N–H and O–H groups in total. The molecule has 0 unspecified atom stereocenters. The van der Waals surface area contributed by atoms with Gasteiger partial charge in [0, 0.05) is 30.3 Å². The molecule has 0 saturated carbocycles. The molecule has 0 bridgehead atoms. The molecule has 2 aromatic rings. The van der Waals surface area contributed by atoms with Crippen LogP contribution in [0.2, 0.25) is 5.02 Å². The van der Waals surface area contributed by atoms with Gasteiger partial charge in [0.1, 0.15) is 0 Å². The highest BCUT2D eigenvalue weighted by Crippen LogP contribution is 2.15. The van der Waals surface area contributed by atoms with Gasteiger partial charge in [-0.3, -0.25) is 9.69 Å². The number of halogens is 1. The number of nitrogens with one attached hydrogen (secondary N) is 2. The van der Waals surface area contributed by atoms with E-state index in [9.17, 15) is 13.2 Å². The first kappa shape index (κ1) is 22.7. The Hall–Kier alpha value is -1.97. The second kappa shape index (κ2) is 10.4. The number of hydrogen-bond donors (Lipinski definition) is 2. The maximum atomic E-state index is 12.4. The van der Waals surface area contributed by atoms with Crippen molar-refractivity contribution < 1.29 is 17.9 Å². The summed E-state index contributed by atoms with van der Waals surface area (Å²) in [6.07, 6.45) is 0.922. The number of nitrogens with zero attached hydrogens (tertiary/aromatic N) is 1. The fourth-order valence-corrected chi connectivity index (χ4v) is 4.41. The van der Waals surface area contributed by atoms with E-state index < -0.39 is 22.0 Å². The van der Waals surface area contributed by atoms with Gasteiger partial charge in [0.05, 0.1) is 24.2 Å². The van der Waals surface area contributed by atoms with Gasteiger partial charge in [-0.25, -0.2) is 8.42 Å². The molecule has 3 rings (SSSR count). The molecule has 1 heterocycles. The summed E-state index contributed by atoms with van der Waals surface area (Å²) < 4.78 is 32.6. The molecule has 1 aliphatic rings. The van der Waals surface area contributed by atoms with E-state index in [1.807, 2.05) is 24.3 Å². The minimum Gasteiger partial charge on any atom is -0.379 e. The van der Waals surface area contributed by atoms with Gasteiger partial charge in [0.25, 0.3) is 0 Å². The second-order valence-corrected chi connectivity index (χ2v) is 9.34. The molecule has 0 aliphatic carbocycles. The summed E-state index contributed by atoms with van der Waals surface area (Å²) >= 11 is 5.79. The van der Waals surface area contributed by atoms with Gasteiger partial charge in [-0.1, -0.05) is 23.7 Å². The zero-order valence-corrected chi connectivity index (χ0v) is 18.4. The van der Waals surface area contributed by atoms with E-state index in [0.29, 0.717) is 10.7 Å². The molecular weight excluding hydrogens is 426 g/mol. The van der Waals surface area contributed by atoms with Crippen LogP contribution in [0.15, 0.2) is 53.4 Å². The van der Waals surface area contributed by atoms with Gasteiger partial charge in [0.15, 0.2) is 0 Å². The number of amides is 1. The van der Waals surface area contributed by atoms with Crippen LogP contribution in [-0.2, 0) is 26.0 Å². The lowest BCUT2D eigenvalue weighted by Gasteiger charge is -2.26. The SMILES string of the molecule is C[C@H](NS(=O)(=O)c1ccc(Cl)cc1)C(=O)Nc1ccc(CCN2CCOCC2)cc1. The fourth-order valence-electron chi connectivity index (χ4n) is 3.09. The van der Waals surface area contributed by atoms with Crippen LogP contribution >= 0.6 is 11.6 Å². The standard InChI is InChI=1S/C21H26ClN3O4S/c1-16(24-30(27,28)20-8-4-18(22)5-9-20)21(26)23-19-6-2-17(3-7-19)10-11-25-12-14-29-15-13-25/h2-9,16,24H,10-15H2,1H3,(H,23,26)/t16-/m0/s1. The first-order valence-corrected chi connectivity index (χ1v) is 11.7. The minimum atomic E-state index is -3.82. The molecule has 1 amide bonds. The summed E-state index contributed by atoms with van der Waals surface area (Å²) in [5, 5.41) is 3.18. The van der Waals surface area contributed by atoms with Gasteiger partial charge in [-0.2, -0.15) is 4.72 Å². The summed E-state index contributed by atoms with van der Waals surface area (Å²) in [6, 6.07) is 12.4. The minimum absolute atomic E-state index is 0.0520. The number of morpholine rings is 1. The molecule has 1 fully saturated rings. The third-order valence-corrected chi connectivity index (χ3v) is 6.70. The van der Waals surface area contributed by atoms with Crippen LogP contribution in [0.3, 0.4) is 0 Å². The smallest absolute Gasteiger partial charge is 0.242 e. The monoisotopic (exact) mass is 451 g/mol. The Labute approximate surface area is 182 Å². The van der Waals surface area contributed by atoms with E-state index in [-0.39, 0.29) is 4.90 Å². The number of carbonyl (C=O) groups is 1. The average Bonchev–Trinajstić information content (AvgIpc) is 2.74. The number of sulfonamides is 1. The normalized spacial score (nSPS) is 16.2. The van der Waals surface area contributed by atoms with Crippen molar-refractivity contribution in [3.8, 4) is 0 Å². The largest absolute Gasteiger partial charge is 0.379 e. The Morgan fingerprint density at radius 2 is 1.73 bits per heavy atom. The van der Waals surface area contributed by atoms with Crippen LogP contribution in [0.1, 0.15) is 12.5 Å². The van der Waals surface area contributed by atoms with E-state index in [4.69, 9.17) is 16.3 Å². The van der Waals surface area contributed by atoms with Crippen molar-refractivity contribution in [3.05, 3.63) is 59.1 Å². The maximum absolute atomic E-state index is 12.4. The first-order chi connectivity index (χ1) is 14.3. The van der Waals surface area contributed by atoms with Crippen LogP contribution in [0.4, 0.5) is 5.69 Å². The molecular formula is C21H26ClN3O4S. The Morgan fingerprint density at radius 1 is 1.10 bits per heavy atom. The maximum Gasteiger partial charge on any atom is 0.242 e. The van der Waals surface area contributed by atoms with Gasteiger partial charge in [0.2, 0.25) is 15.9 Å². The molecule has 30 heavy (non-hydrogen) atoms. The van der Waals surface area contributed by atoms with Gasteiger partial charge in [-0.05, 0) is 55.3 Å². The molecule has 0 spiro atoms. The third kappa shape index (κ3) is 6.52. The highest BCUT2D eigenvalue weighted by molar-refractivity contribution is 7.89. The molecule has 1 aliphatic heterocycles. The molecule has 0 radical (unpaired) electrons. The number of ether oxygens (including phenoxy) is 1. The number of rotatable bonds is 8. The van der Waals surface area contributed by atoms with E-state index in [1.54, 1.807) is 0 Å². The zero-order chi connectivity index (χ0) is 21.6. The lowest BCUT2D eigenvalue weighted by Crippen LogP contribution is -2.41. The van der Waals surface area contributed by atoms with Crippen molar-refractivity contribution >= 4 is 33.2 Å². The molecule has 1 atom stereocenters. The summed E-state index contributed by atoms with van der Waals surface area (Å²) in [6.45, 7) is 5.95. The van der Waals surface area contributed by atoms with Crippen molar-refractivity contribution in [2.45, 2.75) is 24.3 Å².